The van der Waals surface area contributed by atoms with Crippen molar-refractivity contribution >= 4 is 39.1 Å². The topological polar surface area (TPSA) is 96.0 Å². The lowest BCUT2D eigenvalue weighted by molar-refractivity contribution is -0.140. The van der Waals surface area contributed by atoms with Crippen LogP contribution in [0.25, 0.3) is 0 Å². The zero-order chi connectivity index (χ0) is 27.0. The Balaban J connectivity index is 2.06. The van der Waals surface area contributed by atoms with E-state index < -0.39 is 28.5 Å². The fraction of sp³-hybridized carbons (Fsp3) is 0.259. The van der Waals surface area contributed by atoms with Gasteiger partial charge in [0.05, 0.1) is 17.7 Å². The molecule has 0 aliphatic carbocycles. The molecule has 0 radical (unpaired) electrons. The van der Waals surface area contributed by atoms with Gasteiger partial charge in [0.1, 0.15) is 18.3 Å². The first-order valence-electron chi connectivity index (χ1n) is 11.7. The number of ether oxygens (including phenoxy) is 1. The lowest BCUT2D eigenvalue weighted by Crippen LogP contribution is -2.51. The molecule has 8 nitrogen and oxygen atoms in total. The maximum atomic E-state index is 13.8. The quantitative estimate of drug-likeness (QED) is 0.393. The first-order valence-corrected chi connectivity index (χ1v) is 13.5. The van der Waals surface area contributed by atoms with Crippen molar-refractivity contribution in [2.75, 3.05) is 25.0 Å². The Kier molecular flexibility index (Phi) is 9.54. The van der Waals surface area contributed by atoms with E-state index >= 15 is 0 Å². The van der Waals surface area contributed by atoms with E-state index in [-0.39, 0.29) is 23.0 Å². The minimum Gasteiger partial charge on any atom is -0.497 e. The van der Waals surface area contributed by atoms with Crippen molar-refractivity contribution in [1.29, 1.82) is 0 Å². The van der Waals surface area contributed by atoms with Gasteiger partial charge in [-0.05, 0) is 48.4 Å². The number of methoxy groups -OCH3 is 1. The molecule has 10 heteroatoms. The number of likely N-dealkylation sites (N-methyl/N-ethyl adjacent to an activating group) is 1. The molecule has 1 unspecified atom stereocenters. The van der Waals surface area contributed by atoms with Gasteiger partial charge >= 0.3 is 0 Å². The second-order valence-electron chi connectivity index (χ2n) is 8.21. The van der Waals surface area contributed by atoms with E-state index in [1.54, 1.807) is 73.7 Å². The van der Waals surface area contributed by atoms with Crippen molar-refractivity contribution in [3.8, 4) is 5.75 Å². The molecule has 2 amide bonds. The van der Waals surface area contributed by atoms with Gasteiger partial charge in [-0.15, -0.1) is 0 Å². The zero-order valence-corrected chi connectivity index (χ0v) is 22.5. The number of sulfonamides is 1. The number of carbonyl (C=O) groups is 2. The van der Waals surface area contributed by atoms with Crippen molar-refractivity contribution in [2.45, 2.75) is 30.8 Å². The first-order chi connectivity index (χ1) is 17.7. The van der Waals surface area contributed by atoms with Gasteiger partial charge in [-0.3, -0.25) is 13.9 Å². The Bertz CT molecular complexity index is 1320. The summed E-state index contributed by atoms with van der Waals surface area (Å²) < 4.78 is 33.8. The minimum atomic E-state index is -4.13. The number of benzene rings is 3. The normalized spacial score (nSPS) is 11.9. The van der Waals surface area contributed by atoms with Gasteiger partial charge in [0, 0.05) is 24.7 Å². The van der Waals surface area contributed by atoms with Crippen LogP contribution in [0.5, 0.6) is 5.75 Å². The van der Waals surface area contributed by atoms with Gasteiger partial charge in [0.25, 0.3) is 10.0 Å². The Labute approximate surface area is 222 Å². The van der Waals surface area contributed by atoms with Crippen molar-refractivity contribution in [3.63, 3.8) is 0 Å². The third kappa shape index (κ3) is 6.81. The SMILES string of the molecule is CCC(C(=O)NC)N(Cc1ccc(Cl)cc1)C(=O)CN(c1cccc(OC)c1)S(=O)(=O)c1ccccc1. The molecule has 0 fully saturated rings. The fourth-order valence-corrected chi connectivity index (χ4v) is 5.44. The van der Waals surface area contributed by atoms with Crippen LogP contribution in [0.4, 0.5) is 5.69 Å². The lowest BCUT2D eigenvalue weighted by atomic mass is 10.1. The fourth-order valence-electron chi connectivity index (χ4n) is 3.89. The molecule has 0 aliphatic rings. The second kappa shape index (κ2) is 12.6. The maximum Gasteiger partial charge on any atom is 0.264 e. The van der Waals surface area contributed by atoms with Gasteiger partial charge in [-0.2, -0.15) is 0 Å². The molecule has 0 saturated carbocycles. The molecule has 0 aliphatic heterocycles. The molecule has 0 saturated heterocycles. The molecular weight excluding hydrogens is 514 g/mol. The molecule has 3 rings (SSSR count). The number of halogens is 1. The van der Waals surface area contributed by atoms with Crippen LogP contribution in [0.3, 0.4) is 0 Å². The smallest absolute Gasteiger partial charge is 0.264 e. The monoisotopic (exact) mass is 543 g/mol. The summed E-state index contributed by atoms with van der Waals surface area (Å²) in [6.07, 6.45) is 0.337. The number of rotatable bonds is 11. The summed E-state index contributed by atoms with van der Waals surface area (Å²) in [7, 11) is -1.16. The Morgan fingerprint density at radius 3 is 2.27 bits per heavy atom. The van der Waals surface area contributed by atoms with Crippen LogP contribution in [0.2, 0.25) is 5.02 Å². The van der Waals surface area contributed by atoms with Crippen LogP contribution in [0.1, 0.15) is 18.9 Å². The van der Waals surface area contributed by atoms with Crippen molar-refractivity contribution in [2.24, 2.45) is 0 Å². The highest BCUT2D eigenvalue weighted by Gasteiger charge is 2.33. The Morgan fingerprint density at radius 2 is 1.68 bits per heavy atom. The summed E-state index contributed by atoms with van der Waals surface area (Å²) in [6, 6.07) is 20.5. The highest BCUT2D eigenvalue weighted by atomic mass is 35.5. The second-order valence-corrected chi connectivity index (χ2v) is 10.5. The van der Waals surface area contributed by atoms with Crippen LogP contribution >= 0.6 is 11.6 Å². The summed E-state index contributed by atoms with van der Waals surface area (Å²) in [5, 5.41) is 3.14. The number of hydrogen-bond donors (Lipinski definition) is 1. The zero-order valence-electron chi connectivity index (χ0n) is 20.9. The molecule has 0 aromatic heterocycles. The van der Waals surface area contributed by atoms with Crippen molar-refractivity contribution < 1.29 is 22.7 Å². The summed E-state index contributed by atoms with van der Waals surface area (Å²) in [5.74, 6) is -0.440. The molecule has 1 atom stereocenters. The van der Waals surface area contributed by atoms with E-state index in [0.29, 0.717) is 17.2 Å². The summed E-state index contributed by atoms with van der Waals surface area (Å²) in [5.41, 5.74) is 1.01. The maximum absolute atomic E-state index is 13.8. The van der Waals surface area contributed by atoms with Gasteiger partial charge < -0.3 is 15.0 Å². The number of carbonyl (C=O) groups excluding carboxylic acids is 2. The van der Waals surface area contributed by atoms with Gasteiger partial charge in [0.15, 0.2) is 0 Å². The lowest BCUT2D eigenvalue weighted by Gasteiger charge is -2.33. The molecule has 196 valence electrons. The number of hydrogen-bond acceptors (Lipinski definition) is 5. The molecule has 0 heterocycles. The molecule has 3 aromatic carbocycles. The van der Waals surface area contributed by atoms with E-state index in [9.17, 15) is 18.0 Å². The third-order valence-corrected chi connectivity index (χ3v) is 7.89. The van der Waals surface area contributed by atoms with Crippen LogP contribution in [-0.2, 0) is 26.2 Å². The van der Waals surface area contributed by atoms with Crippen LogP contribution < -0.4 is 14.4 Å². The summed E-state index contributed by atoms with van der Waals surface area (Å²) >= 11 is 6.02. The van der Waals surface area contributed by atoms with E-state index in [4.69, 9.17) is 16.3 Å². The summed E-state index contributed by atoms with van der Waals surface area (Å²) in [4.78, 5) is 28.0. The van der Waals surface area contributed by atoms with E-state index in [2.05, 4.69) is 5.32 Å². The average molecular weight is 544 g/mol. The van der Waals surface area contributed by atoms with Crippen molar-refractivity contribution in [3.05, 3.63) is 89.4 Å². The summed E-state index contributed by atoms with van der Waals surface area (Å²) in [6.45, 7) is 1.37. The van der Waals surface area contributed by atoms with Crippen LogP contribution in [0.15, 0.2) is 83.8 Å². The van der Waals surface area contributed by atoms with E-state index in [1.165, 1.54) is 31.2 Å². The number of nitrogens with one attached hydrogen (secondary N) is 1. The minimum absolute atomic E-state index is 0.0354. The Morgan fingerprint density at radius 1 is 1.00 bits per heavy atom. The van der Waals surface area contributed by atoms with Crippen molar-refractivity contribution in [1.82, 2.24) is 10.2 Å². The van der Waals surface area contributed by atoms with Crippen LogP contribution in [-0.4, -0.2) is 51.9 Å². The van der Waals surface area contributed by atoms with Gasteiger partial charge in [-0.1, -0.05) is 54.9 Å². The predicted molar refractivity (Wildman–Crippen MR) is 144 cm³/mol. The number of anilines is 1. The number of amides is 2. The molecule has 37 heavy (non-hydrogen) atoms. The third-order valence-electron chi connectivity index (χ3n) is 5.85. The van der Waals surface area contributed by atoms with Gasteiger partial charge in [0.2, 0.25) is 11.8 Å². The van der Waals surface area contributed by atoms with E-state index in [1.807, 2.05) is 0 Å². The average Bonchev–Trinajstić information content (AvgIpc) is 2.92. The number of nitrogens with zero attached hydrogens (tertiary/aromatic N) is 2. The largest absolute Gasteiger partial charge is 0.497 e. The van der Waals surface area contributed by atoms with E-state index in [0.717, 1.165) is 9.87 Å². The molecule has 0 bridgehead atoms. The highest BCUT2D eigenvalue weighted by Crippen LogP contribution is 2.27. The first kappa shape index (κ1) is 28.0. The standard InChI is InChI=1S/C27H30ClN3O5S/c1-4-25(27(33)29-2)30(18-20-13-15-21(28)16-14-20)26(32)19-31(22-9-8-10-23(17-22)36-3)37(34,35)24-11-6-5-7-12-24/h5-17,25H,4,18-19H2,1-3H3,(H,29,33). The van der Waals surface area contributed by atoms with Crippen LogP contribution in [0, 0.1) is 0 Å². The molecule has 0 spiro atoms. The Hall–Kier alpha value is -3.56. The molecular formula is C27H30ClN3O5S. The van der Waals surface area contributed by atoms with Gasteiger partial charge in [-0.25, -0.2) is 8.42 Å². The molecule has 1 N–H and O–H groups in total. The predicted octanol–water partition coefficient (Wildman–Crippen LogP) is 4.10. The molecule has 3 aromatic rings. The highest BCUT2D eigenvalue weighted by molar-refractivity contribution is 7.92.